The Morgan fingerprint density at radius 2 is 2.11 bits per heavy atom. The highest BCUT2D eigenvalue weighted by Crippen LogP contribution is 2.46. The summed E-state index contributed by atoms with van der Waals surface area (Å²) in [5.74, 6) is 1.11. The van der Waals surface area contributed by atoms with E-state index in [-0.39, 0.29) is 12.0 Å². The Balaban J connectivity index is 2.22. The average Bonchev–Trinajstić information content (AvgIpc) is 2.62. The number of hydrogen-bond donors (Lipinski definition) is 1. The molecule has 0 saturated carbocycles. The summed E-state index contributed by atoms with van der Waals surface area (Å²) < 4.78 is 5.74. The van der Waals surface area contributed by atoms with Crippen LogP contribution in [0.2, 0.25) is 0 Å². The summed E-state index contributed by atoms with van der Waals surface area (Å²) >= 11 is 0. The van der Waals surface area contributed by atoms with Gasteiger partial charge in [0.2, 0.25) is 0 Å². The van der Waals surface area contributed by atoms with Crippen LogP contribution in [-0.2, 0) is 4.74 Å². The number of rotatable bonds is 4. The number of fused-ring (bicyclic) bond motifs is 1. The Labute approximate surface area is 116 Å². The topological polar surface area (TPSA) is 29.5 Å². The molecule has 4 atom stereocenters. The molecular formula is C17H26O2. The third kappa shape index (κ3) is 2.51. The van der Waals surface area contributed by atoms with Crippen molar-refractivity contribution in [3.8, 4) is 0 Å². The van der Waals surface area contributed by atoms with E-state index >= 15 is 0 Å². The number of allylic oxidation sites excluding steroid dienone is 1. The van der Waals surface area contributed by atoms with E-state index in [1.54, 1.807) is 0 Å². The van der Waals surface area contributed by atoms with Crippen molar-refractivity contribution in [3.63, 3.8) is 0 Å². The van der Waals surface area contributed by atoms with E-state index in [4.69, 9.17) is 4.74 Å². The minimum atomic E-state index is -0.447. The van der Waals surface area contributed by atoms with E-state index in [2.05, 4.69) is 33.9 Å². The van der Waals surface area contributed by atoms with Gasteiger partial charge in [-0.1, -0.05) is 45.4 Å². The van der Waals surface area contributed by atoms with Crippen LogP contribution in [0.5, 0.6) is 0 Å². The van der Waals surface area contributed by atoms with Crippen molar-refractivity contribution < 1.29 is 9.84 Å². The van der Waals surface area contributed by atoms with Crippen molar-refractivity contribution in [2.75, 3.05) is 0 Å². The van der Waals surface area contributed by atoms with E-state index in [0.29, 0.717) is 11.7 Å². The van der Waals surface area contributed by atoms with Gasteiger partial charge in [-0.25, -0.2) is 0 Å². The molecule has 1 saturated heterocycles. The quantitative estimate of drug-likeness (QED) is 0.777. The van der Waals surface area contributed by atoms with Crippen molar-refractivity contribution in [2.24, 2.45) is 11.8 Å². The Bertz CT molecular complexity index is 419. The molecule has 2 unspecified atom stereocenters. The molecule has 0 bridgehead atoms. The lowest BCUT2D eigenvalue weighted by molar-refractivity contribution is 0.0519. The lowest BCUT2D eigenvalue weighted by Crippen LogP contribution is -2.37. The van der Waals surface area contributed by atoms with Crippen LogP contribution in [-0.4, -0.2) is 17.3 Å². The summed E-state index contributed by atoms with van der Waals surface area (Å²) in [6.45, 7) is 14.5. The monoisotopic (exact) mass is 262 g/mol. The molecule has 2 heteroatoms. The Hall–Kier alpha value is -1.02. The maximum absolute atomic E-state index is 10.7. The highest BCUT2D eigenvalue weighted by atomic mass is 16.5. The van der Waals surface area contributed by atoms with Crippen molar-refractivity contribution in [2.45, 2.75) is 58.7 Å². The zero-order chi connectivity index (χ0) is 14.2. The second-order valence-electron chi connectivity index (χ2n) is 6.06. The number of aliphatic hydroxyl groups excluding tert-OH is 1. The molecule has 2 aliphatic rings. The lowest BCUT2D eigenvalue weighted by Gasteiger charge is -2.35. The van der Waals surface area contributed by atoms with Gasteiger partial charge in [0.05, 0.1) is 12.0 Å². The van der Waals surface area contributed by atoms with Gasteiger partial charge >= 0.3 is 0 Å². The molecule has 1 heterocycles. The maximum atomic E-state index is 10.7. The first kappa shape index (κ1) is 14.4. The molecule has 2 rings (SSSR count). The summed E-state index contributed by atoms with van der Waals surface area (Å²) in [5.41, 5.74) is 3.39. The molecule has 1 aliphatic carbocycles. The predicted molar refractivity (Wildman–Crippen MR) is 78.7 cm³/mol. The van der Waals surface area contributed by atoms with E-state index < -0.39 is 6.10 Å². The first-order chi connectivity index (χ1) is 8.97. The van der Waals surface area contributed by atoms with E-state index in [1.807, 2.05) is 0 Å². The van der Waals surface area contributed by atoms with Gasteiger partial charge < -0.3 is 9.84 Å². The van der Waals surface area contributed by atoms with Gasteiger partial charge in [0.1, 0.15) is 11.9 Å². The average molecular weight is 262 g/mol. The number of hydrogen-bond acceptors (Lipinski definition) is 2. The zero-order valence-corrected chi connectivity index (χ0v) is 12.4. The second-order valence-corrected chi connectivity index (χ2v) is 6.06. The van der Waals surface area contributed by atoms with E-state index in [0.717, 1.165) is 18.4 Å². The molecule has 0 amide bonds. The van der Waals surface area contributed by atoms with Crippen molar-refractivity contribution >= 4 is 0 Å². The first-order valence-electron chi connectivity index (χ1n) is 7.39. The van der Waals surface area contributed by atoms with Gasteiger partial charge in [0, 0.05) is 6.42 Å². The van der Waals surface area contributed by atoms with Crippen LogP contribution in [0.4, 0.5) is 0 Å². The molecule has 2 nitrogen and oxygen atoms in total. The fourth-order valence-electron chi connectivity index (χ4n) is 3.55. The molecular weight excluding hydrogens is 236 g/mol. The van der Waals surface area contributed by atoms with Gasteiger partial charge in [-0.05, 0) is 30.4 Å². The molecule has 0 spiro atoms. The molecule has 1 N–H and O–H groups in total. The third-order valence-corrected chi connectivity index (χ3v) is 4.64. The van der Waals surface area contributed by atoms with Gasteiger partial charge in [-0.2, -0.15) is 0 Å². The molecule has 0 radical (unpaired) electrons. The zero-order valence-electron chi connectivity index (χ0n) is 12.4. The normalized spacial score (nSPS) is 32.3. The highest BCUT2D eigenvalue weighted by Gasteiger charge is 2.45. The standard InChI is InChI=1S/C17H26O2/c1-6-7-8-10(2)15-11(3)9-14-16(17(15)18)12(4)13(5)19-14/h10,14,16-18H,4-9H2,1-3H3/t10-,14?,16?,17-/m0/s1. The van der Waals surface area contributed by atoms with Crippen molar-refractivity contribution in [1.82, 2.24) is 0 Å². The minimum absolute atomic E-state index is 0.00952. The van der Waals surface area contributed by atoms with Crippen LogP contribution in [0.15, 0.2) is 35.6 Å². The van der Waals surface area contributed by atoms with Crippen molar-refractivity contribution in [3.05, 3.63) is 35.6 Å². The molecule has 0 aromatic carbocycles. The van der Waals surface area contributed by atoms with Crippen LogP contribution < -0.4 is 0 Å². The summed E-state index contributed by atoms with van der Waals surface area (Å²) in [6, 6.07) is 0. The summed E-state index contributed by atoms with van der Waals surface area (Å²) in [6.07, 6.45) is 4.04. The Morgan fingerprint density at radius 3 is 2.74 bits per heavy atom. The number of unbranched alkanes of at least 4 members (excludes halogenated alkanes) is 1. The van der Waals surface area contributed by atoms with Crippen LogP contribution in [0.1, 0.15) is 46.5 Å². The summed E-state index contributed by atoms with van der Waals surface area (Å²) in [4.78, 5) is 0. The summed E-state index contributed by atoms with van der Waals surface area (Å²) in [7, 11) is 0. The van der Waals surface area contributed by atoms with E-state index in [9.17, 15) is 5.11 Å². The van der Waals surface area contributed by atoms with Gasteiger partial charge in [-0.3, -0.25) is 0 Å². The second kappa shape index (κ2) is 5.54. The van der Waals surface area contributed by atoms with Crippen LogP contribution in [0.3, 0.4) is 0 Å². The maximum Gasteiger partial charge on any atom is 0.115 e. The predicted octanol–water partition coefficient (Wildman–Crippen LogP) is 3.98. The van der Waals surface area contributed by atoms with Gasteiger partial charge in [0.25, 0.3) is 0 Å². The summed E-state index contributed by atoms with van der Waals surface area (Å²) in [5, 5.41) is 10.7. The van der Waals surface area contributed by atoms with Crippen LogP contribution in [0, 0.1) is 11.8 Å². The van der Waals surface area contributed by atoms with Crippen LogP contribution >= 0.6 is 0 Å². The molecule has 0 aromatic heterocycles. The molecule has 1 fully saturated rings. The fourth-order valence-corrected chi connectivity index (χ4v) is 3.55. The largest absolute Gasteiger partial charge is 0.490 e. The van der Waals surface area contributed by atoms with Gasteiger partial charge in [-0.15, -0.1) is 0 Å². The van der Waals surface area contributed by atoms with E-state index in [1.165, 1.54) is 24.0 Å². The Morgan fingerprint density at radius 1 is 1.42 bits per heavy atom. The SMILES string of the molecule is C=C1OC2CC(C)=C([C@@H](C)CCCC)[C@H](O)C2C1=C. The Kier molecular flexibility index (Phi) is 4.19. The number of aliphatic hydroxyl groups is 1. The van der Waals surface area contributed by atoms with Gasteiger partial charge in [0.15, 0.2) is 0 Å². The number of ether oxygens (including phenoxy) is 1. The smallest absolute Gasteiger partial charge is 0.115 e. The third-order valence-electron chi connectivity index (χ3n) is 4.64. The lowest BCUT2D eigenvalue weighted by atomic mass is 9.73. The molecule has 106 valence electrons. The first-order valence-corrected chi connectivity index (χ1v) is 7.39. The minimum Gasteiger partial charge on any atom is -0.490 e. The van der Waals surface area contributed by atoms with Crippen molar-refractivity contribution in [1.29, 1.82) is 0 Å². The fraction of sp³-hybridized carbons (Fsp3) is 0.647. The molecule has 19 heavy (non-hydrogen) atoms. The molecule has 0 aromatic rings. The highest BCUT2D eigenvalue weighted by molar-refractivity contribution is 5.38. The van der Waals surface area contributed by atoms with Crippen LogP contribution in [0.25, 0.3) is 0 Å². The molecule has 1 aliphatic heterocycles.